The first-order valence-electron chi connectivity index (χ1n) is 7.64. The molecule has 0 saturated carbocycles. The van der Waals surface area contributed by atoms with Gasteiger partial charge in [-0.25, -0.2) is 9.78 Å². The number of halogens is 1. The Morgan fingerprint density at radius 3 is 2.70 bits per heavy atom. The van der Waals surface area contributed by atoms with Gasteiger partial charge in [0.15, 0.2) is 0 Å². The van der Waals surface area contributed by atoms with Crippen molar-refractivity contribution < 1.29 is 18.7 Å². The van der Waals surface area contributed by atoms with Gasteiger partial charge >= 0.3 is 6.09 Å². The molecule has 130 valence electrons. The lowest BCUT2D eigenvalue weighted by molar-refractivity contribution is 0.0526. The fraction of sp³-hybridized carbons (Fsp3) is 0.625. The molecule has 2 N–H and O–H groups in total. The van der Waals surface area contributed by atoms with E-state index in [2.05, 4.69) is 15.6 Å². The molecule has 0 aliphatic heterocycles. The highest BCUT2D eigenvalue weighted by Crippen LogP contribution is 2.11. The van der Waals surface area contributed by atoms with Crippen LogP contribution in [0.15, 0.2) is 18.3 Å². The number of rotatable bonds is 8. The van der Waals surface area contributed by atoms with Crippen molar-refractivity contribution in [2.45, 2.75) is 45.3 Å². The third-order valence-electron chi connectivity index (χ3n) is 2.86. The number of pyridine rings is 1. The number of ether oxygens (including phenoxy) is 2. The summed E-state index contributed by atoms with van der Waals surface area (Å²) >= 11 is 0. The Bertz CT molecular complexity index is 474. The fourth-order valence-electron chi connectivity index (χ4n) is 1.95. The maximum Gasteiger partial charge on any atom is 0.407 e. The highest BCUT2D eigenvalue weighted by Gasteiger charge is 2.15. The van der Waals surface area contributed by atoms with Crippen LogP contribution in [0.5, 0.6) is 0 Å². The van der Waals surface area contributed by atoms with E-state index in [1.807, 2.05) is 20.8 Å². The highest BCUT2D eigenvalue weighted by atomic mass is 19.1. The van der Waals surface area contributed by atoms with Gasteiger partial charge in [-0.05, 0) is 45.7 Å². The van der Waals surface area contributed by atoms with E-state index >= 15 is 0 Å². The lowest BCUT2D eigenvalue weighted by Crippen LogP contribution is -2.33. The normalized spacial score (nSPS) is 12.6. The van der Waals surface area contributed by atoms with Crippen molar-refractivity contribution in [3.8, 4) is 0 Å². The Balaban J connectivity index is 2.33. The topological polar surface area (TPSA) is 72.5 Å². The second-order valence-electron chi connectivity index (χ2n) is 6.24. The van der Waals surface area contributed by atoms with Crippen LogP contribution in [0.4, 0.5) is 14.9 Å². The molecule has 1 amide bonds. The number of hydrogen-bond donors (Lipinski definition) is 2. The third-order valence-corrected chi connectivity index (χ3v) is 2.86. The smallest absolute Gasteiger partial charge is 0.407 e. The Labute approximate surface area is 136 Å². The standard InChI is InChI=1S/C16H26FN3O3/c1-16(2,3)23-15(21)18-9-5-6-13(11-22-4)20-12-7-8-14(17)19-10-12/h7-8,10,13,20H,5-6,9,11H2,1-4H3,(H,18,21). The summed E-state index contributed by atoms with van der Waals surface area (Å²) in [5, 5.41) is 5.95. The van der Waals surface area contributed by atoms with E-state index in [9.17, 15) is 9.18 Å². The molecule has 1 unspecified atom stereocenters. The average Bonchev–Trinajstić information content (AvgIpc) is 2.44. The van der Waals surface area contributed by atoms with E-state index in [0.717, 1.165) is 18.5 Å². The number of alkyl carbamates (subject to hydrolysis) is 1. The third kappa shape index (κ3) is 8.97. The predicted molar refractivity (Wildman–Crippen MR) is 87.0 cm³/mol. The maximum atomic E-state index is 12.8. The summed E-state index contributed by atoms with van der Waals surface area (Å²) in [6.07, 6.45) is 2.56. The molecule has 1 atom stereocenters. The number of methoxy groups -OCH3 is 1. The van der Waals surface area contributed by atoms with E-state index in [0.29, 0.717) is 13.2 Å². The summed E-state index contributed by atoms with van der Waals surface area (Å²) in [5.74, 6) is -0.514. The summed E-state index contributed by atoms with van der Waals surface area (Å²) < 4.78 is 23.1. The van der Waals surface area contributed by atoms with Crippen LogP contribution in [0, 0.1) is 5.95 Å². The van der Waals surface area contributed by atoms with Gasteiger partial charge < -0.3 is 20.1 Å². The molecule has 0 aromatic carbocycles. The van der Waals surface area contributed by atoms with Crippen molar-refractivity contribution >= 4 is 11.8 Å². The number of carbonyl (C=O) groups excluding carboxylic acids is 1. The van der Waals surface area contributed by atoms with E-state index in [4.69, 9.17) is 9.47 Å². The second-order valence-corrected chi connectivity index (χ2v) is 6.24. The van der Waals surface area contributed by atoms with Crippen LogP contribution in [0.25, 0.3) is 0 Å². The van der Waals surface area contributed by atoms with Crippen molar-refractivity contribution in [1.29, 1.82) is 0 Å². The molecule has 0 fully saturated rings. The summed E-state index contributed by atoms with van der Waals surface area (Å²) in [4.78, 5) is 15.1. The zero-order valence-electron chi connectivity index (χ0n) is 14.2. The average molecular weight is 327 g/mol. The summed E-state index contributed by atoms with van der Waals surface area (Å²) in [6, 6.07) is 2.98. The Kier molecular flexibility index (Phi) is 7.74. The molecule has 1 rings (SSSR count). The van der Waals surface area contributed by atoms with Gasteiger partial charge in [0.2, 0.25) is 5.95 Å². The molecular formula is C16H26FN3O3. The zero-order chi connectivity index (χ0) is 17.3. The number of aromatic nitrogens is 1. The number of nitrogens with one attached hydrogen (secondary N) is 2. The SMILES string of the molecule is COCC(CCCNC(=O)OC(C)(C)C)Nc1ccc(F)nc1. The van der Waals surface area contributed by atoms with Crippen molar-refractivity contribution in [1.82, 2.24) is 10.3 Å². The van der Waals surface area contributed by atoms with E-state index in [-0.39, 0.29) is 6.04 Å². The molecule has 0 spiro atoms. The van der Waals surface area contributed by atoms with Gasteiger partial charge in [-0.3, -0.25) is 0 Å². The maximum absolute atomic E-state index is 12.8. The lowest BCUT2D eigenvalue weighted by atomic mass is 10.1. The minimum Gasteiger partial charge on any atom is -0.444 e. The summed E-state index contributed by atoms with van der Waals surface area (Å²) in [6.45, 7) is 6.48. The molecule has 6 nitrogen and oxygen atoms in total. The Hall–Kier alpha value is -1.89. The second kappa shape index (κ2) is 9.29. The van der Waals surface area contributed by atoms with Gasteiger partial charge in [0.05, 0.1) is 18.5 Å². The van der Waals surface area contributed by atoms with Gasteiger partial charge in [-0.2, -0.15) is 4.39 Å². The van der Waals surface area contributed by atoms with Crippen LogP contribution in [0.2, 0.25) is 0 Å². The van der Waals surface area contributed by atoms with Crippen LogP contribution in [-0.4, -0.2) is 43.0 Å². The quantitative estimate of drug-likeness (QED) is 0.567. The van der Waals surface area contributed by atoms with Gasteiger partial charge in [0, 0.05) is 19.7 Å². The van der Waals surface area contributed by atoms with Gasteiger partial charge in [-0.15, -0.1) is 0 Å². The minimum absolute atomic E-state index is 0.0488. The Morgan fingerprint density at radius 2 is 2.13 bits per heavy atom. The molecule has 1 heterocycles. The minimum atomic E-state index is -0.514. The van der Waals surface area contributed by atoms with Crippen molar-refractivity contribution in [3.63, 3.8) is 0 Å². The van der Waals surface area contributed by atoms with Crippen LogP contribution in [-0.2, 0) is 9.47 Å². The molecule has 1 aromatic heterocycles. The molecule has 0 radical (unpaired) electrons. The molecule has 1 aromatic rings. The van der Waals surface area contributed by atoms with E-state index < -0.39 is 17.6 Å². The molecule has 0 aliphatic carbocycles. The van der Waals surface area contributed by atoms with Crippen LogP contribution >= 0.6 is 0 Å². The van der Waals surface area contributed by atoms with E-state index in [1.165, 1.54) is 12.3 Å². The molecule has 23 heavy (non-hydrogen) atoms. The number of hydrogen-bond acceptors (Lipinski definition) is 5. The predicted octanol–water partition coefficient (Wildman–Crippen LogP) is 2.95. The number of carbonyl (C=O) groups is 1. The van der Waals surface area contributed by atoms with Gasteiger partial charge in [0.1, 0.15) is 5.60 Å². The molecule has 7 heteroatoms. The van der Waals surface area contributed by atoms with Gasteiger partial charge in [-0.1, -0.05) is 0 Å². The summed E-state index contributed by atoms with van der Waals surface area (Å²) in [5.41, 5.74) is 0.230. The molecule has 0 saturated heterocycles. The summed E-state index contributed by atoms with van der Waals surface area (Å²) in [7, 11) is 1.62. The zero-order valence-corrected chi connectivity index (χ0v) is 14.2. The van der Waals surface area contributed by atoms with Crippen molar-refractivity contribution in [2.24, 2.45) is 0 Å². The van der Waals surface area contributed by atoms with Crippen molar-refractivity contribution in [2.75, 3.05) is 25.6 Å². The molecule has 0 aliphatic rings. The lowest BCUT2D eigenvalue weighted by Gasteiger charge is -2.21. The van der Waals surface area contributed by atoms with Crippen LogP contribution in [0.1, 0.15) is 33.6 Å². The number of anilines is 1. The first kappa shape index (κ1) is 19.2. The molecule has 0 bridgehead atoms. The van der Waals surface area contributed by atoms with Crippen LogP contribution in [0.3, 0.4) is 0 Å². The van der Waals surface area contributed by atoms with E-state index in [1.54, 1.807) is 13.2 Å². The number of nitrogens with zero attached hydrogens (tertiary/aromatic N) is 1. The fourth-order valence-corrected chi connectivity index (χ4v) is 1.95. The monoisotopic (exact) mass is 327 g/mol. The van der Waals surface area contributed by atoms with Crippen LogP contribution < -0.4 is 10.6 Å². The van der Waals surface area contributed by atoms with Gasteiger partial charge in [0.25, 0.3) is 0 Å². The molecular weight excluding hydrogens is 301 g/mol. The first-order chi connectivity index (χ1) is 10.8. The number of amides is 1. The largest absolute Gasteiger partial charge is 0.444 e. The van der Waals surface area contributed by atoms with Crippen molar-refractivity contribution in [3.05, 3.63) is 24.3 Å². The first-order valence-corrected chi connectivity index (χ1v) is 7.64. The highest BCUT2D eigenvalue weighted by molar-refractivity contribution is 5.67. The Morgan fingerprint density at radius 1 is 1.39 bits per heavy atom.